The van der Waals surface area contributed by atoms with Gasteiger partial charge in [0.15, 0.2) is 6.61 Å². The number of hydrogen-bond acceptors (Lipinski definition) is 3. The third-order valence-electron chi connectivity index (χ3n) is 5.85. The second-order valence-corrected chi connectivity index (χ2v) is 11.0. The molecule has 3 aromatic rings. The number of nitrogens with zero attached hydrogens (tertiary/aromatic N) is 1. The number of carbonyl (C=O) groups excluding carboxylic acids is 2. The lowest BCUT2D eigenvalue weighted by molar-refractivity contribution is -0.143. The average molecular weight is 552 g/mol. The highest BCUT2D eigenvalue weighted by molar-refractivity contribution is 9.10. The van der Waals surface area contributed by atoms with Gasteiger partial charge in [0.1, 0.15) is 11.8 Å². The predicted molar refractivity (Wildman–Crippen MR) is 148 cm³/mol. The van der Waals surface area contributed by atoms with Crippen molar-refractivity contribution >= 4 is 27.7 Å². The lowest BCUT2D eigenvalue weighted by Gasteiger charge is -2.33. The lowest BCUT2D eigenvalue weighted by atomic mass is 10.0. The van der Waals surface area contributed by atoms with Crippen molar-refractivity contribution in [2.24, 2.45) is 0 Å². The SMILES string of the molecule is Cc1ccc(OCC(=O)N(Cc2cccc(Br)c2)C(Cc2ccccc2)C(=O)NC(C)(C)C)cc1C. The molecule has 0 radical (unpaired) electrons. The second-order valence-electron chi connectivity index (χ2n) is 10.1. The van der Waals surface area contributed by atoms with Crippen LogP contribution in [0.1, 0.15) is 43.0 Å². The van der Waals surface area contributed by atoms with E-state index >= 15 is 0 Å². The van der Waals surface area contributed by atoms with Gasteiger partial charge in [-0.25, -0.2) is 0 Å². The van der Waals surface area contributed by atoms with Gasteiger partial charge in [0, 0.05) is 23.0 Å². The second kappa shape index (κ2) is 12.2. The molecule has 0 aliphatic carbocycles. The van der Waals surface area contributed by atoms with E-state index in [1.807, 2.05) is 107 Å². The van der Waals surface area contributed by atoms with Crippen molar-refractivity contribution in [1.82, 2.24) is 10.2 Å². The molecule has 190 valence electrons. The maximum absolute atomic E-state index is 13.7. The Morgan fingerprint density at radius 3 is 2.25 bits per heavy atom. The summed E-state index contributed by atoms with van der Waals surface area (Å²) in [4.78, 5) is 28.9. The predicted octanol–water partition coefficient (Wildman–Crippen LogP) is 6.00. The zero-order valence-electron chi connectivity index (χ0n) is 21.7. The number of ether oxygens (including phenoxy) is 1. The molecule has 1 atom stereocenters. The summed E-state index contributed by atoms with van der Waals surface area (Å²) < 4.78 is 6.81. The normalized spacial score (nSPS) is 12.1. The van der Waals surface area contributed by atoms with E-state index in [1.54, 1.807) is 4.90 Å². The molecule has 0 aliphatic rings. The van der Waals surface area contributed by atoms with Crippen LogP contribution in [0.2, 0.25) is 0 Å². The molecular formula is C30H35BrN2O3. The van der Waals surface area contributed by atoms with Crippen molar-refractivity contribution in [3.8, 4) is 5.75 Å². The average Bonchev–Trinajstić information content (AvgIpc) is 2.81. The van der Waals surface area contributed by atoms with Crippen LogP contribution < -0.4 is 10.1 Å². The summed E-state index contributed by atoms with van der Waals surface area (Å²) in [6.45, 7) is 9.98. The largest absolute Gasteiger partial charge is 0.484 e. The van der Waals surface area contributed by atoms with Crippen LogP contribution >= 0.6 is 15.9 Å². The molecule has 3 rings (SSSR count). The van der Waals surface area contributed by atoms with Crippen LogP contribution in [0.5, 0.6) is 5.75 Å². The van der Waals surface area contributed by atoms with E-state index in [-0.39, 0.29) is 25.0 Å². The third-order valence-corrected chi connectivity index (χ3v) is 6.35. The number of halogens is 1. The van der Waals surface area contributed by atoms with Gasteiger partial charge < -0.3 is 15.0 Å². The fourth-order valence-corrected chi connectivity index (χ4v) is 4.32. The molecule has 0 spiro atoms. The maximum Gasteiger partial charge on any atom is 0.261 e. The molecule has 2 amide bonds. The van der Waals surface area contributed by atoms with Crippen molar-refractivity contribution in [3.05, 3.63) is 99.5 Å². The minimum absolute atomic E-state index is 0.162. The third kappa shape index (κ3) is 8.23. The Morgan fingerprint density at radius 2 is 1.61 bits per heavy atom. The highest BCUT2D eigenvalue weighted by Gasteiger charge is 2.32. The van der Waals surface area contributed by atoms with E-state index in [9.17, 15) is 9.59 Å². The molecule has 1 N–H and O–H groups in total. The summed E-state index contributed by atoms with van der Waals surface area (Å²) in [5, 5.41) is 3.08. The summed E-state index contributed by atoms with van der Waals surface area (Å²) in [7, 11) is 0. The first-order chi connectivity index (χ1) is 17.0. The highest BCUT2D eigenvalue weighted by atomic mass is 79.9. The summed E-state index contributed by atoms with van der Waals surface area (Å²) in [5.41, 5.74) is 3.72. The molecule has 0 fully saturated rings. The number of hydrogen-bond donors (Lipinski definition) is 1. The maximum atomic E-state index is 13.7. The zero-order valence-corrected chi connectivity index (χ0v) is 23.3. The quantitative estimate of drug-likeness (QED) is 0.355. The van der Waals surface area contributed by atoms with Gasteiger partial charge in [0.05, 0.1) is 0 Å². The van der Waals surface area contributed by atoms with Crippen molar-refractivity contribution < 1.29 is 14.3 Å². The number of nitrogens with one attached hydrogen (secondary N) is 1. The Hall–Kier alpha value is -3.12. The van der Waals surface area contributed by atoms with E-state index in [1.165, 1.54) is 0 Å². The van der Waals surface area contributed by atoms with E-state index in [0.717, 1.165) is 26.7 Å². The highest BCUT2D eigenvalue weighted by Crippen LogP contribution is 2.20. The first-order valence-electron chi connectivity index (χ1n) is 12.1. The number of carbonyl (C=O) groups is 2. The van der Waals surface area contributed by atoms with Gasteiger partial charge in [-0.2, -0.15) is 0 Å². The first kappa shape index (κ1) is 27.5. The molecule has 3 aromatic carbocycles. The fraction of sp³-hybridized carbons (Fsp3) is 0.333. The van der Waals surface area contributed by atoms with Gasteiger partial charge in [0.2, 0.25) is 5.91 Å². The molecule has 0 saturated carbocycles. The Bertz CT molecular complexity index is 1190. The van der Waals surface area contributed by atoms with Crippen LogP contribution in [-0.2, 0) is 22.6 Å². The Kier molecular flexibility index (Phi) is 9.32. The minimum atomic E-state index is -0.707. The topological polar surface area (TPSA) is 58.6 Å². The van der Waals surface area contributed by atoms with Crippen molar-refractivity contribution in [2.45, 2.75) is 59.2 Å². The standard InChI is InChI=1S/C30H35BrN2O3/c1-21-14-15-26(16-22(21)2)36-20-28(34)33(19-24-12-9-13-25(31)17-24)27(29(35)32-30(3,4)5)18-23-10-7-6-8-11-23/h6-17,27H,18-20H2,1-5H3,(H,32,35). The molecular weight excluding hydrogens is 516 g/mol. The molecule has 36 heavy (non-hydrogen) atoms. The van der Waals surface area contributed by atoms with Gasteiger partial charge in [-0.05, 0) is 81.1 Å². The first-order valence-corrected chi connectivity index (χ1v) is 12.9. The Morgan fingerprint density at radius 1 is 0.917 bits per heavy atom. The van der Waals surface area contributed by atoms with Crippen LogP contribution in [0.15, 0.2) is 77.3 Å². The van der Waals surface area contributed by atoms with E-state index in [2.05, 4.69) is 21.2 Å². The minimum Gasteiger partial charge on any atom is -0.484 e. The summed E-state index contributed by atoms with van der Waals surface area (Å²) in [6, 6.07) is 22.6. The summed E-state index contributed by atoms with van der Waals surface area (Å²) >= 11 is 3.52. The molecule has 0 aliphatic heterocycles. The van der Waals surface area contributed by atoms with Gasteiger partial charge in [-0.3, -0.25) is 9.59 Å². The summed E-state index contributed by atoms with van der Waals surface area (Å²) in [5.74, 6) is 0.187. The van der Waals surface area contributed by atoms with Crippen molar-refractivity contribution in [3.63, 3.8) is 0 Å². The fourth-order valence-electron chi connectivity index (χ4n) is 3.87. The summed E-state index contributed by atoms with van der Waals surface area (Å²) in [6.07, 6.45) is 0.395. The van der Waals surface area contributed by atoms with Crippen LogP contribution in [-0.4, -0.2) is 34.9 Å². The number of rotatable bonds is 9. The van der Waals surface area contributed by atoms with E-state index < -0.39 is 11.6 Å². The van der Waals surface area contributed by atoms with Crippen molar-refractivity contribution in [2.75, 3.05) is 6.61 Å². The van der Waals surface area contributed by atoms with Crippen LogP contribution in [0.4, 0.5) is 0 Å². The van der Waals surface area contributed by atoms with Gasteiger partial charge in [-0.15, -0.1) is 0 Å². The number of benzene rings is 3. The zero-order chi connectivity index (χ0) is 26.3. The monoisotopic (exact) mass is 550 g/mol. The Balaban J connectivity index is 1.93. The molecule has 0 bridgehead atoms. The lowest BCUT2D eigenvalue weighted by Crippen LogP contribution is -2.55. The number of aryl methyl sites for hydroxylation is 2. The van der Waals surface area contributed by atoms with E-state index in [4.69, 9.17) is 4.74 Å². The van der Waals surface area contributed by atoms with Crippen LogP contribution in [0.3, 0.4) is 0 Å². The van der Waals surface area contributed by atoms with Crippen LogP contribution in [0, 0.1) is 13.8 Å². The van der Waals surface area contributed by atoms with Gasteiger partial charge in [0.25, 0.3) is 5.91 Å². The molecule has 5 nitrogen and oxygen atoms in total. The molecule has 0 heterocycles. The molecule has 0 aromatic heterocycles. The Labute approximate surface area is 223 Å². The number of amides is 2. The van der Waals surface area contributed by atoms with Crippen molar-refractivity contribution in [1.29, 1.82) is 0 Å². The molecule has 0 saturated heterocycles. The van der Waals surface area contributed by atoms with E-state index in [0.29, 0.717) is 12.2 Å². The molecule has 1 unspecified atom stereocenters. The van der Waals surface area contributed by atoms with Gasteiger partial charge >= 0.3 is 0 Å². The van der Waals surface area contributed by atoms with Gasteiger partial charge in [-0.1, -0.05) is 64.5 Å². The molecule has 6 heteroatoms. The smallest absolute Gasteiger partial charge is 0.261 e. The van der Waals surface area contributed by atoms with Crippen LogP contribution in [0.25, 0.3) is 0 Å².